The molecule has 2 atom stereocenters. The van der Waals surface area contributed by atoms with E-state index in [1.807, 2.05) is 5.51 Å². The maximum Gasteiger partial charge on any atom is 0.0794 e. The van der Waals surface area contributed by atoms with Gasteiger partial charge in [0.25, 0.3) is 0 Å². The van der Waals surface area contributed by atoms with E-state index >= 15 is 0 Å². The van der Waals surface area contributed by atoms with Crippen LogP contribution in [0.5, 0.6) is 0 Å². The van der Waals surface area contributed by atoms with E-state index in [0.29, 0.717) is 12.0 Å². The van der Waals surface area contributed by atoms with Crippen LogP contribution in [0, 0.1) is 5.92 Å². The summed E-state index contributed by atoms with van der Waals surface area (Å²) in [5.74, 6) is 0.640. The zero-order valence-corrected chi connectivity index (χ0v) is 8.39. The number of hydrogen-bond donors (Lipinski definition) is 2. The molecule has 2 unspecified atom stereocenters. The van der Waals surface area contributed by atoms with Gasteiger partial charge in [-0.25, -0.2) is 4.98 Å². The molecule has 0 saturated carbocycles. The van der Waals surface area contributed by atoms with Crippen molar-refractivity contribution in [2.75, 3.05) is 13.1 Å². The molecule has 1 aliphatic rings. The molecule has 13 heavy (non-hydrogen) atoms. The standard InChI is InChI=1S/C9H15N3S/c10-4-7-1-2-11-9(7)3-8-5-13-6-12-8/h5-7,9,11H,1-4,10H2. The van der Waals surface area contributed by atoms with Gasteiger partial charge >= 0.3 is 0 Å². The number of thiazole rings is 1. The molecule has 1 saturated heterocycles. The number of hydrogen-bond acceptors (Lipinski definition) is 4. The summed E-state index contributed by atoms with van der Waals surface area (Å²) in [4.78, 5) is 4.29. The van der Waals surface area contributed by atoms with Gasteiger partial charge in [0.1, 0.15) is 0 Å². The molecular formula is C9H15N3S. The Kier molecular flexibility index (Phi) is 2.93. The third-order valence-corrected chi connectivity index (χ3v) is 3.34. The van der Waals surface area contributed by atoms with Crippen LogP contribution in [-0.4, -0.2) is 24.1 Å². The first kappa shape index (κ1) is 9.12. The van der Waals surface area contributed by atoms with E-state index in [2.05, 4.69) is 15.7 Å². The van der Waals surface area contributed by atoms with Crippen LogP contribution in [0.4, 0.5) is 0 Å². The third-order valence-electron chi connectivity index (χ3n) is 2.71. The van der Waals surface area contributed by atoms with Gasteiger partial charge in [0.2, 0.25) is 0 Å². The zero-order chi connectivity index (χ0) is 9.10. The van der Waals surface area contributed by atoms with Gasteiger partial charge in [0.15, 0.2) is 0 Å². The minimum Gasteiger partial charge on any atom is -0.330 e. The van der Waals surface area contributed by atoms with Gasteiger partial charge < -0.3 is 11.1 Å². The average molecular weight is 197 g/mol. The quantitative estimate of drug-likeness (QED) is 0.747. The predicted molar refractivity (Wildman–Crippen MR) is 54.8 cm³/mol. The van der Waals surface area contributed by atoms with Gasteiger partial charge in [-0.2, -0.15) is 0 Å². The Labute approximate surface area is 82.4 Å². The van der Waals surface area contributed by atoms with E-state index in [0.717, 1.165) is 19.5 Å². The van der Waals surface area contributed by atoms with Gasteiger partial charge in [0, 0.05) is 17.8 Å². The lowest BCUT2D eigenvalue weighted by molar-refractivity contribution is 0.451. The van der Waals surface area contributed by atoms with Crippen molar-refractivity contribution in [3.05, 3.63) is 16.6 Å². The number of nitrogens with two attached hydrogens (primary N) is 1. The lowest BCUT2D eigenvalue weighted by Crippen LogP contribution is -2.33. The van der Waals surface area contributed by atoms with Crippen molar-refractivity contribution in [3.63, 3.8) is 0 Å². The highest BCUT2D eigenvalue weighted by atomic mass is 32.1. The fraction of sp³-hybridized carbons (Fsp3) is 0.667. The first-order valence-corrected chi connectivity index (χ1v) is 5.65. The van der Waals surface area contributed by atoms with Crippen molar-refractivity contribution in [2.45, 2.75) is 18.9 Å². The molecule has 0 radical (unpaired) electrons. The minimum atomic E-state index is 0.548. The van der Waals surface area contributed by atoms with Gasteiger partial charge in [-0.3, -0.25) is 0 Å². The van der Waals surface area contributed by atoms with Crippen molar-refractivity contribution >= 4 is 11.3 Å². The summed E-state index contributed by atoms with van der Waals surface area (Å²) in [5.41, 5.74) is 8.78. The summed E-state index contributed by atoms with van der Waals surface area (Å²) < 4.78 is 0. The van der Waals surface area contributed by atoms with Crippen LogP contribution in [0.25, 0.3) is 0 Å². The fourth-order valence-corrected chi connectivity index (χ4v) is 2.48. The molecule has 2 heterocycles. The summed E-state index contributed by atoms with van der Waals surface area (Å²) in [6.07, 6.45) is 2.25. The first-order valence-electron chi connectivity index (χ1n) is 4.70. The highest BCUT2D eigenvalue weighted by Gasteiger charge is 2.25. The second kappa shape index (κ2) is 4.17. The Morgan fingerprint density at radius 1 is 1.69 bits per heavy atom. The lowest BCUT2D eigenvalue weighted by Gasteiger charge is -2.16. The van der Waals surface area contributed by atoms with Gasteiger partial charge in [-0.15, -0.1) is 11.3 Å². The maximum atomic E-state index is 5.70. The van der Waals surface area contributed by atoms with Crippen molar-refractivity contribution in [1.82, 2.24) is 10.3 Å². The highest BCUT2D eigenvalue weighted by Crippen LogP contribution is 2.18. The Bertz CT molecular complexity index is 247. The molecule has 4 heteroatoms. The van der Waals surface area contributed by atoms with Gasteiger partial charge in [-0.05, 0) is 25.4 Å². The Hall–Kier alpha value is -0.450. The van der Waals surface area contributed by atoms with Crippen LogP contribution < -0.4 is 11.1 Å². The van der Waals surface area contributed by atoms with Crippen molar-refractivity contribution < 1.29 is 0 Å². The van der Waals surface area contributed by atoms with Gasteiger partial charge in [-0.1, -0.05) is 0 Å². The van der Waals surface area contributed by atoms with Crippen LogP contribution in [-0.2, 0) is 6.42 Å². The largest absolute Gasteiger partial charge is 0.330 e. The Morgan fingerprint density at radius 2 is 2.62 bits per heavy atom. The molecule has 3 nitrogen and oxygen atoms in total. The summed E-state index contributed by atoms with van der Waals surface area (Å²) in [7, 11) is 0. The molecule has 0 aromatic carbocycles. The fourth-order valence-electron chi connectivity index (χ4n) is 1.91. The molecule has 1 aromatic rings. The lowest BCUT2D eigenvalue weighted by atomic mass is 9.97. The predicted octanol–water partition coefficient (Wildman–Crippen LogP) is 0.622. The molecule has 72 valence electrons. The monoisotopic (exact) mass is 197 g/mol. The minimum absolute atomic E-state index is 0.548. The summed E-state index contributed by atoms with van der Waals surface area (Å²) in [6, 6.07) is 0.548. The summed E-state index contributed by atoms with van der Waals surface area (Å²) >= 11 is 1.66. The molecule has 0 amide bonds. The van der Waals surface area contributed by atoms with Crippen LogP contribution in [0.2, 0.25) is 0 Å². The summed E-state index contributed by atoms with van der Waals surface area (Å²) in [5, 5.41) is 5.60. The topological polar surface area (TPSA) is 50.9 Å². The zero-order valence-electron chi connectivity index (χ0n) is 7.57. The number of nitrogens with one attached hydrogen (secondary N) is 1. The molecule has 1 aromatic heterocycles. The van der Waals surface area contributed by atoms with Crippen molar-refractivity contribution in [3.8, 4) is 0 Å². The molecule has 0 bridgehead atoms. The van der Waals surface area contributed by atoms with E-state index in [1.54, 1.807) is 11.3 Å². The molecule has 1 aliphatic heterocycles. The second-order valence-electron chi connectivity index (χ2n) is 3.53. The summed E-state index contributed by atoms with van der Waals surface area (Å²) in [6.45, 7) is 1.90. The van der Waals surface area contributed by atoms with E-state index in [-0.39, 0.29) is 0 Å². The normalized spacial score (nSPS) is 28.1. The van der Waals surface area contributed by atoms with E-state index in [1.165, 1.54) is 12.1 Å². The maximum absolute atomic E-state index is 5.70. The van der Waals surface area contributed by atoms with Gasteiger partial charge in [0.05, 0.1) is 11.2 Å². The van der Waals surface area contributed by atoms with Crippen LogP contribution in [0.3, 0.4) is 0 Å². The number of rotatable bonds is 3. The molecule has 3 N–H and O–H groups in total. The van der Waals surface area contributed by atoms with E-state index < -0.39 is 0 Å². The molecule has 0 spiro atoms. The third kappa shape index (κ3) is 2.07. The van der Waals surface area contributed by atoms with E-state index in [9.17, 15) is 0 Å². The first-order chi connectivity index (χ1) is 6.40. The highest BCUT2D eigenvalue weighted by molar-refractivity contribution is 7.07. The molecule has 1 fully saturated rings. The van der Waals surface area contributed by atoms with E-state index in [4.69, 9.17) is 5.73 Å². The van der Waals surface area contributed by atoms with Crippen LogP contribution >= 0.6 is 11.3 Å². The Morgan fingerprint density at radius 3 is 3.31 bits per heavy atom. The van der Waals surface area contributed by atoms with Crippen LogP contribution in [0.1, 0.15) is 12.1 Å². The molecule has 0 aliphatic carbocycles. The Balaban J connectivity index is 1.94. The SMILES string of the molecule is NCC1CCNC1Cc1cscn1. The van der Waals surface area contributed by atoms with Crippen molar-refractivity contribution in [1.29, 1.82) is 0 Å². The second-order valence-corrected chi connectivity index (χ2v) is 4.25. The molecular weight excluding hydrogens is 182 g/mol. The number of nitrogens with zero attached hydrogens (tertiary/aromatic N) is 1. The number of aromatic nitrogens is 1. The molecule has 2 rings (SSSR count). The smallest absolute Gasteiger partial charge is 0.0794 e. The van der Waals surface area contributed by atoms with Crippen molar-refractivity contribution in [2.24, 2.45) is 11.7 Å². The average Bonchev–Trinajstić information content (AvgIpc) is 2.76. The van der Waals surface area contributed by atoms with Crippen LogP contribution in [0.15, 0.2) is 10.9 Å².